The van der Waals surface area contributed by atoms with Crippen LogP contribution in [0.2, 0.25) is 5.02 Å². The van der Waals surface area contributed by atoms with E-state index in [2.05, 4.69) is 15.5 Å². The van der Waals surface area contributed by atoms with Crippen molar-refractivity contribution in [2.45, 2.75) is 26.5 Å². The summed E-state index contributed by atoms with van der Waals surface area (Å²) < 4.78 is 6.77. The van der Waals surface area contributed by atoms with Crippen LogP contribution in [0.3, 0.4) is 0 Å². The van der Waals surface area contributed by atoms with E-state index in [1.165, 1.54) is 0 Å². The highest BCUT2D eigenvalue weighted by Crippen LogP contribution is 2.11. The average molecular weight is 281 g/mol. The van der Waals surface area contributed by atoms with Crippen molar-refractivity contribution in [3.63, 3.8) is 0 Å². The van der Waals surface area contributed by atoms with Crippen molar-refractivity contribution in [2.24, 2.45) is 0 Å². The largest absolute Gasteiger partial charge is 0.454 e. The lowest BCUT2D eigenvalue weighted by atomic mass is 10.2. The molecule has 7 heteroatoms. The number of carbonyl (C=O) groups excluding carboxylic acids is 1. The van der Waals surface area contributed by atoms with Crippen molar-refractivity contribution < 1.29 is 9.53 Å². The number of tetrazole rings is 1. The van der Waals surface area contributed by atoms with E-state index in [4.69, 9.17) is 16.3 Å². The standard InChI is InChI=1S/C12H13ClN4O2/c1-2-7-17-11(14-15-16-17)8-19-12(18)9-3-5-10(13)6-4-9/h3-6H,2,7-8H2,1H3. The van der Waals surface area contributed by atoms with E-state index in [9.17, 15) is 4.79 Å². The van der Waals surface area contributed by atoms with Gasteiger partial charge < -0.3 is 4.74 Å². The molecule has 0 N–H and O–H groups in total. The third-order valence-corrected chi connectivity index (χ3v) is 2.71. The second-order valence-electron chi connectivity index (χ2n) is 3.90. The molecule has 6 nitrogen and oxygen atoms in total. The minimum absolute atomic E-state index is 0.0501. The molecule has 0 fully saturated rings. The maximum absolute atomic E-state index is 11.8. The highest BCUT2D eigenvalue weighted by Gasteiger charge is 2.11. The maximum Gasteiger partial charge on any atom is 0.338 e. The van der Waals surface area contributed by atoms with Gasteiger partial charge in [0.15, 0.2) is 12.4 Å². The van der Waals surface area contributed by atoms with Gasteiger partial charge in [-0.3, -0.25) is 0 Å². The minimum atomic E-state index is -0.428. The predicted octanol–water partition coefficient (Wildman–Crippen LogP) is 2.09. The van der Waals surface area contributed by atoms with Crippen LogP contribution in [0.5, 0.6) is 0 Å². The fraction of sp³-hybridized carbons (Fsp3) is 0.333. The normalized spacial score (nSPS) is 10.4. The smallest absolute Gasteiger partial charge is 0.338 e. The highest BCUT2D eigenvalue weighted by atomic mass is 35.5. The molecule has 0 atom stereocenters. The average Bonchev–Trinajstić information content (AvgIpc) is 2.85. The molecule has 0 saturated heterocycles. The fourth-order valence-electron chi connectivity index (χ4n) is 1.51. The lowest BCUT2D eigenvalue weighted by Gasteiger charge is -2.05. The van der Waals surface area contributed by atoms with E-state index in [1.807, 2.05) is 6.92 Å². The number of halogens is 1. The van der Waals surface area contributed by atoms with Crippen LogP contribution < -0.4 is 0 Å². The molecule has 1 heterocycles. The Balaban J connectivity index is 1.96. The van der Waals surface area contributed by atoms with E-state index >= 15 is 0 Å². The predicted molar refractivity (Wildman–Crippen MR) is 68.7 cm³/mol. The van der Waals surface area contributed by atoms with Crippen LogP contribution in [0.1, 0.15) is 29.5 Å². The molecule has 0 aliphatic heterocycles. The molecule has 0 radical (unpaired) electrons. The van der Waals surface area contributed by atoms with E-state index in [0.717, 1.165) is 6.42 Å². The topological polar surface area (TPSA) is 69.9 Å². The molecule has 1 aromatic carbocycles. The van der Waals surface area contributed by atoms with E-state index in [1.54, 1.807) is 28.9 Å². The van der Waals surface area contributed by atoms with Gasteiger partial charge in [-0.15, -0.1) is 5.10 Å². The minimum Gasteiger partial charge on any atom is -0.454 e. The highest BCUT2D eigenvalue weighted by molar-refractivity contribution is 6.30. The maximum atomic E-state index is 11.8. The molecule has 1 aromatic heterocycles. The SMILES string of the molecule is CCCn1nnnc1COC(=O)c1ccc(Cl)cc1. The number of benzene rings is 1. The Morgan fingerprint density at radius 2 is 2.11 bits per heavy atom. The number of hydrogen-bond donors (Lipinski definition) is 0. The van der Waals surface area contributed by atoms with Crippen molar-refractivity contribution in [2.75, 3.05) is 0 Å². The summed E-state index contributed by atoms with van der Waals surface area (Å²) in [7, 11) is 0. The summed E-state index contributed by atoms with van der Waals surface area (Å²) in [4.78, 5) is 11.8. The first kappa shape index (κ1) is 13.5. The van der Waals surface area contributed by atoms with Gasteiger partial charge in [0, 0.05) is 11.6 Å². The molecule has 0 aliphatic carbocycles. The van der Waals surface area contributed by atoms with Gasteiger partial charge in [0.1, 0.15) is 0 Å². The Morgan fingerprint density at radius 1 is 1.37 bits per heavy atom. The van der Waals surface area contributed by atoms with Gasteiger partial charge in [0.25, 0.3) is 0 Å². The molecule has 0 unspecified atom stereocenters. The number of aryl methyl sites for hydroxylation is 1. The third-order valence-electron chi connectivity index (χ3n) is 2.45. The summed E-state index contributed by atoms with van der Waals surface area (Å²) in [5.74, 6) is 0.104. The molecule has 0 aliphatic rings. The van der Waals surface area contributed by atoms with Crippen molar-refractivity contribution in [1.82, 2.24) is 20.2 Å². The summed E-state index contributed by atoms with van der Waals surface area (Å²) in [6.07, 6.45) is 0.906. The van der Waals surface area contributed by atoms with Crippen LogP contribution in [0, 0.1) is 0 Å². The zero-order chi connectivity index (χ0) is 13.7. The van der Waals surface area contributed by atoms with Crippen LogP contribution in [-0.2, 0) is 17.9 Å². The van der Waals surface area contributed by atoms with Crippen molar-refractivity contribution in [1.29, 1.82) is 0 Å². The quantitative estimate of drug-likeness (QED) is 0.785. The molecule has 0 amide bonds. The zero-order valence-corrected chi connectivity index (χ0v) is 11.2. The Kier molecular flexibility index (Phi) is 4.46. The van der Waals surface area contributed by atoms with E-state index < -0.39 is 5.97 Å². The van der Waals surface area contributed by atoms with Crippen LogP contribution >= 0.6 is 11.6 Å². The van der Waals surface area contributed by atoms with E-state index in [-0.39, 0.29) is 6.61 Å². The molecule has 2 aromatic rings. The van der Waals surface area contributed by atoms with Gasteiger partial charge in [0.05, 0.1) is 5.56 Å². The molecule has 2 rings (SSSR count). The van der Waals surface area contributed by atoms with Gasteiger partial charge in [-0.25, -0.2) is 9.48 Å². The van der Waals surface area contributed by atoms with Gasteiger partial charge >= 0.3 is 5.97 Å². The summed E-state index contributed by atoms with van der Waals surface area (Å²) >= 11 is 5.75. The summed E-state index contributed by atoms with van der Waals surface area (Å²) in [6, 6.07) is 6.50. The Hall–Kier alpha value is -1.95. The Labute approximate surface area is 115 Å². The molecule has 100 valence electrons. The number of esters is 1. The van der Waals surface area contributed by atoms with Crippen LogP contribution in [-0.4, -0.2) is 26.2 Å². The molecular formula is C12H13ClN4O2. The van der Waals surface area contributed by atoms with Crippen LogP contribution in [0.25, 0.3) is 0 Å². The Morgan fingerprint density at radius 3 is 2.79 bits per heavy atom. The molecule has 19 heavy (non-hydrogen) atoms. The van der Waals surface area contributed by atoms with Crippen molar-refractivity contribution in [3.05, 3.63) is 40.7 Å². The lowest BCUT2D eigenvalue weighted by Crippen LogP contribution is -2.10. The lowest BCUT2D eigenvalue weighted by molar-refractivity contribution is 0.0456. The number of hydrogen-bond acceptors (Lipinski definition) is 5. The number of aromatic nitrogens is 4. The molecule has 0 bridgehead atoms. The van der Waals surface area contributed by atoms with Gasteiger partial charge in [-0.05, 0) is 41.1 Å². The number of rotatable bonds is 5. The number of ether oxygens (including phenoxy) is 1. The van der Waals surface area contributed by atoms with Gasteiger partial charge in [-0.2, -0.15) is 0 Å². The first-order valence-corrected chi connectivity index (χ1v) is 6.26. The van der Waals surface area contributed by atoms with Crippen molar-refractivity contribution in [3.8, 4) is 0 Å². The summed E-state index contributed by atoms with van der Waals surface area (Å²) in [5, 5.41) is 11.8. The van der Waals surface area contributed by atoms with Crippen LogP contribution in [0.4, 0.5) is 0 Å². The Bertz CT molecular complexity index is 553. The fourth-order valence-corrected chi connectivity index (χ4v) is 1.64. The second-order valence-corrected chi connectivity index (χ2v) is 4.34. The van der Waals surface area contributed by atoms with Gasteiger partial charge in [-0.1, -0.05) is 18.5 Å². The first-order chi connectivity index (χ1) is 9.20. The number of nitrogens with zero attached hydrogens (tertiary/aromatic N) is 4. The molecule has 0 spiro atoms. The number of carbonyl (C=O) groups is 1. The summed E-state index contributed by atoms with van der Waals surface area (Å²) in [6.45, 7) is 2.76. The second kappa shape index (κ2) is 6.29. The monoisotopic (exact) mass is 280 g/mol. The first-order valence-electron chi connectivity index (χ1n) is 5.88. The molecular weight excluding hydrogens is 268 g/mol. The summed E-state index contributed by atoms with van der Waals surface area (Å²) in [5.41, 5.74) is 0.443. The van der Waals surface area contributed by atoms with Gasteiger partial charge in [0.2, 0.25) is 0 Å². The molecule has 0 saturated carbocycles. The zero-order valence-electron chi connectivity index (χ0n) is 10.4. The van der Waals surface area contributed by atoms with Crippen molar-refractivity contribution >= 4 is 17.6 Å². The third kappa shape index (κ3) is 3.51. The van der Waals surface area contributed by atoms with Crippen LogP contribution in [0.15, 0.2) is 24.3 Å². The van der Waals surface area contributed by atoms with E-state index in [0.29, 0.717) is 23.0 Å².